The van der Waals surface area contributed by atoms with Gasteiger partial charge in [-0.1, -0.05) is 50.2 Å². The van der Waals surface area contributed by atoms with Crippen LogP contribution in [0.15, 0.2) is 48.5 Å². The number of rotatable bonds is 4. The molecule has 2 heteroatoms. The van der Waals surface area contributed by atoms with E-state index >= 15 is 0 Å². The highest BCUT2D eigenvalue weighted by molar-refractivity contribution is 5.32. The summed E-state index contributed by atoms with van der Waals surface area (Å²) in [4.78, 5) is 0. The van der Waals surface area contributed by atoms with E-state index in [1.165, 1.54) is 5.56 Å². The molecule has 0 saturated heterocycles. The highest BCUT2D eigenvalue weighted by atomic mass is 16.3. The monoisotopic (exact) mass is 270 g/mol. The van der Waals surface area contributed by atoms with E-state index in [0.717, 1.165) is 11.1 Å². The largest absolute Gasteiger partial charge is 0.508 e. The van der Waals surface area contributed by atoms with Gasteiger partial charge in [0.1, 0.15) is 5.75 Å². The summed E-state index contributed by atoms with van der Waals surface area (Å²) >= 11 is 0. The number of aromatic hydroxyl groups is 1. The smallest absolute Gasteiger partial charge is 0.115 e. The molecule has 0 radical (unpaired) electrons. The van der Waals surface area contributed by atoms with Gasteiger partial charge in [-0.15, -0.1) is 0 Å². The molecule has 0 aliphatic heterocycles. The fourth-order valence-electron chi connectivity index (χ4n) is 2.34. The third kappa shape index (κ3) is 3.40. The lowest BCUT2D eigenvalue weighted by molar-refractivity contribution is 0.0576. The van der Waals surface area contributed by atoms with Crippen LogP contribution in [0, 0.1) is 0 Å². The number of benzene rings is 2. The van der Waals surface area contributed by atoms with Crippen molar-refractivity contribution < 1.29 is 10.2 Å². The minimum atomic E-state index is -0.937. The summed E-state index contributed by atoms with van der Waals surface area (Å²) in [6.45, 7) is 6.14. The van der Waals surface area contributed by atoms with Crippen LogP contribution in [0.5, 0.6) is 5.75 Å². The van der Waals surface area contributed by atoms with Crippen molar-refractivity contribution in [3.63, 3.8) is 0 Å². The summed E-state index contributed by atoms with van der Waals surface area (Å²) in [5.74, 6) is 0.729. The summed E-state index contributed by atoms with van der Waals surface area (Å²) in [5.41, 5.74) is 2.28. The van der Waals surface area contributed by atoms with Gasteiger partial charge in [-0.25, -0.2) is 0 Å². The summed E-state index contributed by atoms with van der Waals surface area (Å²) in [7, 11) is 0. The van der Waals surface area contributed by atoms with Crippen LogP contribution in [0.1, 0.15) is 43.4 Å². The number of phenols is 1. The summed E-state index contributed by atoms with van der Waals surface area (Å²) in [5, 5.41) is 19.9. The summed E-state index contributed by atoms with van der Waals surface area (Å²) in [6, 6.07) is 15.1. The molecule has 2 aromatic rings. The first kappa shape index (κ1) is 14.6. The highest BCUT2D eigenvalue weighted by Gasteiger charge is 2.23. The van der Waals surface area contributed by atoms with Gasteiger partial charge in [-0.2, -0.15) is 0 Å². The quantitative estimate of drug-likeness (QED) is 0.882. The van der Waals surface area contributed by atoms with E-state index in [9.17, 15) is 10.2 Å². The van der Waals surface area contributed by atoms with Gasteiger partial charge < -0.3 is 10.2 Å². The van der Waals surface area contributed by atoms with Gasteiger partial charge in [0.25, 0.3) is 0 Å². The Balaban J connectivity index is 2.17. The maximum absolute atomic E-state index is 10.6. The molecule has 0 bridgehead atoms. The lowest BCUT2D eigenvalue weighted by Crippen LogP contribution is -2.24. The first-order valence-electron chi connectivity index (χ1n) is 6.99. The van der Waals surface area contributed by atoms with Gasteiger partial charge in [0.2, 0.25) is 0 Å². The average molecular weight is 270 g/mol. The third-order valence-corrected chi connectivity index (χ3v) is 3.68. The Hall–Kier alpha value is -1.80. The molecule has 2 aromatic carbocycles. The van der Waals surface area contributed by atoms with Crippen LogP contribution in [0.25, 0.3) is 0 Å². The van der Waals surface area contributed by atoms with Crippen molar-refractivity contribution in [3.8, 4) is 5.75 Å². The molecule has 0 amide bonds. The zero-order valence-electron chi connectivity index (χ0n) is 12.3. The van der Waals surface area contributed by atoms with Crippen molar-refractivity contribution in [1.82, 2.24) is 0 Å². The second-order valence-electron chi connectivity index (χ2n) is 5.89. The Labute approximate surface area is 120 Å². The average Bonchev–Trinajstić information content (AvgIpc) is 2.39. The van der Waals surface area contributed by atoms with E-state index in [2.05, 4.69) is 38.1 Å². The van der Waals surface area contributed by atoms with E-state index in [1.54, 1.807) is 31.2 Å². The fourth-order valence-corrected chi connectivity index (χ4v) is 2.34. The molecule has 0 aliphatic rings. The van der Waals surface area contributed by atoms with Gasteiger partial charge >= 0.3 is 0 Å². The molecule has 0 aliphatic carbocycles. The van der Waals surface area contributed by atoms with Crippen LogP contribution in [-0.2, 0) is 12.0 Å². The Bertz CT molecular complexity index is 551. The Morgan fingerprint density at radius 1 is 0.950 bits per heavy atom. The molecule has 0 fully saturated rings. The molecule has 2 rings (SSSR count). The second kappa shape index (κ2) is 5.68. The van der Waals surface area contributed by atoms with Gasteiger partial charge in [-0.3, -0.25) is 0 Å². The van der Waals surface area contributed by atoms with Crippen LogP contribution in [0.2, 0.25) is 0 Å². The molecule has 0 saturated carbocycles. The van der Waals surface area contributed by atoms with Gasteiger partial charge in [0.15, 0.2) is 0 Å². The van der Waals surface area contributed by atoms with Crippen LogP contribution in [-0.4, -0.2) is 10.2 Å². The number of aliphatic hydroxyl groups is 1. The summed E-state index contributed by atoms with van der Waals surface area (Å²) in [6.07, 6.45) is 0.552. The number of phenolic OH excluding ortho intramolecular Hbond substituents is 1. The molecule has 2 nitrogen and oxygen atoms in total. The van der Waals surface area contributed by atoms with Crippen molar-refractivity contribution in [3.05, 3.63) is 65.2 Å². The lowest BCUT2D eigenvalue weighted by atomic mass is 9.88. The fraction of sp³-hybridized carbons (Fsp3) is 0.333. The Morgan fingerprint density at radius 3 is 2.00 bits per heavy atom. The molecule has 2 N–H and O–H groups in total. The molecular formula is C18H22O2. The predicted octanol–water partition coefficient (Wildman–Crippen LogP) is 3.97. The molecular weight excluding hydrogens is 248 g/mol. The standard InChI is InChI=1S/C18H22O2/c1-13(2)15-6-4-14(5-7-15)12-18(3,20)16-8-10-17(19)11-9-16/h4-11,13,19-20H,12H2,1-3H3. The van der Waals surface area contributed by atoms with Crippen molar-refractivity contribution in [2.45, 2.75) is 38.7 Å². The number of hydrogen-bond acceptors (Lipinski definition) is 2. The molecule has 0 heterocycles. The van der Waals surface area contributed by atoms with Crippen molar-refractivity contribution >= 4 is 0 Å². The van der Waals surface area contributed by atoms with Crippen molar-refractivity contribution in [2.24, 2.45) is 0 Å². The van der Waals surface area contributed by atoms with Crippen LogP contribution in [0.3, 0.4) is 0 Å². The SMILES string of the molecule is CC(C)c1ccc(CC(C)(O)c2ccc(O)cc2)cc1. The zero-order chi connectivity index (χ0) is 14.8. The number of hydrogen-bond donors (Lipinski definition) is 2. The lowest BCUT2D eigenvalue weighted by Gasteiger charge is -2.24. The van der Waals surface area contributed by atoms with E-state index in [-0.39, 0.29) is 5.75 Å². The van der Waals surface area contributed by atoms with Gasteiger partial charge in [0, 0.05) is 6.42 Å². The Kier molecular flexibility index (Phi) is 4.15. The molecule has 106 valence electrons. The Morgan fingerprint density at radius 2 is 1.50 bits per heavy atom. The molecule has 1 atom stereocenters. The van der Waals surface area contributed by atoms with E-state index in [4.69, 9.17) is 0 Å². The summed E-state index contributed by atoms with van der Waals surface area (Å²) < 4.78 is 0. The molecule has 20 heavy (non-hydrogen) atoms. The highest BCUT2D eigenvalue weighted by Crippen LogP contribution is 2.27. The van der Waals surface area contributed by atoms with Crippen molar-refractivity contribution in [2.75, 3.05) is 0 Å². The molecule has 0 aromatic heterocycles. The topological polar surface area (TPSA) is 40.5 Å². The minimum Gasteiger partial charge on any atom is -0.508 e. The van der Waals surface area contributed by atoms with Gasteiger partial charge in [-0.05, 0) is 41.7 Å². The zero-order valence-corrected chi connectivity index (χ0v) is 12.3. The minimum absolute atomic E-state index is 0.214. The first-order valence-corrected chi connectivity index (χ1v) is 6.99. The van der Waals surface area contributed by atoms with Crippen LogP contribution >= 0.6 is 0 Å². The normalized spacial score (nSPS) is 14.2. The van der Waals surface area contributed by atoms with E-state index < -0.39 is 5.60 Å². The predicted molar refractivity (Wildman–Crippen MR) is 81.9 cm³/mol. The molecule has 0 spiro atoms. The maximum atomic E-state index is 10.6. The first-order chi connectivity index (χ1) is 9.38. The van der Waals surface area contributed by atoms with Crippen LogP contribution < -0.4 is 0 Å². The third-order valence-electron chi connectivity index (χ3n) is 3.68. The second-order valence-corrected chi connectivity index (χ2v) is 5.89. The van der Waals surface area contributed by atoms with E-state index in [1.807, 2.05) is 0 Å². The van der Waals surface area contributed by atoms with E-state index in [0.29, 0.717) is 12.3 Å². The maximum Gasteiger partial charge on any atom is 0.115 e. The molecule has 1 unspecified atom stereocenters. The van der Waals surface area contributed by atoms with Crippen molar-refractivity contribution in [1.29, 1.82) is 0 Å². The van der Waals surface area contributed by atoms with Gasteiger partial charge in [0.05, 0.1) is 5.60 Å². The van der Waals surface area contributed by atoms with Crippen LogP contribution in [0.4, 0.5) is 0 Å².